The van der Waals surface area contributed by atoms with Crippen molar-refractivity contribution in [3.63, 3.8) is 0 Å². The molecular formula is C11H16BrNO2S. The zero-order chi connectivity index (χ0) is 12.4. The molecule has 0 fully saturated rings. The van der Waals surface area contributed by atoms with Gasteiger partial charge in [0.2, 0.25) is 10.0 Å². The van der Waals surface area contributed by atoms with Crippen LogP contribution in [-0.4, -0.2) is 14.0 Å². The van der Waals surface area contributed by atoms with Crippen molar-refractivity contribution >= 4 is 26.0 Å². The molecule has 0 aliphatic carbocycles. The van der Waals surface area contributed by atoms with Crippen molar-refractivity contribution in [1.29, 1.82) is 0 Å². The second kappa shape index (κ2) is 4.85. The summed E-state index contributed by atoms with van der Waals surface area (Å²) in [6.45, 7) is 5.46. The zero-order valence-electron chi connectivity index (χ0n) is 9.62. The van der Waals surface area contributed by atoms with Crippen LogP contribution in [0.1, 0.15) is 26.3 Å². The fraction of sp³-hybridized carbons (Fsp3) is 0.455. The van der Waals surface area contributed by atoms with Gasteiger partial charge in [-0.2, -0.15) is 0 Å². The van der Waals surface area contributed by atoms with E-state index < -0.39 is 15.6 Å². The Morgan fingerprint density at radius 2 is 1.94 bits per heavy atom. The van der Waals surface area contributed by atoms with Gasteiger partial charge in [-0.15, -0.1) is 0 Å². The minimum absolute atomic E-state index is 0.305. The van der Waals surface area contributed by atoms with Gasteiger partial charge >= 0.3 is 0 Å². The molecular weight excluding hydrogens is 290 g/mol. The molecule has 0 spiro atoms. The van der Waals surface area contributed by atoms with Crippen LogP contribution in [0.25, 0.3) is 0 Å². The molecule has 0 unspecified atom stereocenters. The number of hydrogen-bond donors (Lipinski definition) is 1. The average Bonchev–Trinajstić information content (AvgIpc) is 2.14. The Hall–Kier alpha value is -0.390. The first-order valence-corrected chi connectivity index (χ1v) is 7.54. The third-order valence-electron chi connectivity index (χ3n) is 1.80. The smallest absolute Gasteiger partial charge is 0.207 e. The lowest BCUT2D eigenvalue weighted by atomic mass is 10.1. The topological polar surface area (TPSA) is 46.2 Å². The molecule has 16 heavy (non-hydrogen) atoms. The lowest BCUT2D eigenvalue weighted by Gasteiger charge is -2.20. The van der Waals surface area contributed by atoms with E-state index in [0.29, 0.717) is 10.2 Å². The minimum atomic E-state index is -3.42. The highest BCUT2D eigenvalue weighted by atomic mass is 79.9. The second-order valence-electron chi connectivity index (χ2n) is 4.64. The summed E-state index contributed by atoms with van der Waals surface area (Å²) in [4.78, 5) is 0.305. The summed E-state index contributed by atoms with van der Waals surface area (Å²) in [7, 11) is -3.42. The van der Waals surface area contributed by atoms with Crippen LogP contribution in [0.3, 0.4) is 0 Å². The molecule has 1 aromatic carbocycles. The van der Waals surface area contributed by atoms with Gasteiger partial charge < -0.3 is 0 Å². The van der Waals surface area contributed by atoms with Crippen LogP contribution < -0.4 is 4.72 Å². The van der Waals surface area contributed by atoms with E-state index in [2.05, 4.69) is 20.7 Å². The lowest BCUT2D eigenvalue weighted by molar-refractivity contribution is 0.491. The van der Waals surface area contributed by atoms with E-state index in [1.807, 2.05) is 26.8 Å². The third kappa shape index (κ3) is 3.88. The maximum absolute atomic E-state index is 12.0. The number of rotatable bonds is 3. The Kier molecular flexibility index (Phi) is 4.15. The molecule has 1 N–H and O–H groups in total. The Balaban J connectivity index is 3.08. The van der Waals surface area contributed by atoms with E-state index in [-0.39, 0.29) is 0 Å². The molecule has 0 atom stereocenters. The van der Waals surface area contributed by atoms with Gasteiger partial charge in [-0.1, -0.05) is 28.1 Å². The highest BCUT2D eigenvalue weighted by molar-refractivity contribution is 9.08. The minimum Gasteiger partial charge on any atom is -0.207 e. The fourth-order valence-corrected chi connectivity index (χ4v) is 3.09. The van der Waals surface area contributed by atoms with Crippen molar-refractivity contribution in [2.24, 2.45) is 0 Å². The van der Waals surface area contributed by atoms with Crippen molar-refractivity contribution in [3.05, 3.63) is 29.8 Å². The molecule has 0 saturated heterocycles. The summed E-state index contributed by atoms with van der Waals surface area (Å²) in [6.07, 6.45) is 0. The molecule has 0 radical (unpaired) electrons. The van der Waals surface area contributed by atoms with E-state index in [4.69, 9.17) is 0 Å². The molecule has 1 rings (SSSR count). The molecule has 0 heterocycles. The highest BCUT2D eigenvalue weighted by Crippen LogP contribution is 2.15. The van der Waals surface area contributed by atoms with Crippen LogP contribution in [0.4, 0.5) is 0 Å². The molecule has 0 bridgehead atoms. The molecule has 3 nitrogen and oxygen atoms in total. The molecule has 0 aliphatic rings. The summed E-state index contributed by atoms with van der Waals surface area (Å²) < 4.78 is 26.6. The molecule has 1 aromatic rings. The Labute approximate surface area is 105 Å². The summed E-state index contributed by atoms with van der Waals surface area (Å²) in [5, 5.41) is 0.645. The summed E-state index contributed by atoms with van der Waals surface area (Å²) in [5.74, 6) is 0. The van der Waals surface area contributed by atoms with E-state index in [0.717, 1.165) is 5.56 Å². The van der Waals surface area contributed by atoms with Gasteiger partial charge in [0.15, 0.2) is 0 Å². The van der Waals surface area contributed by atoms with Crippen LogP contribution in [-0.2, 0) is 15.4 Å². The van der Waals surface area contributed by atoms with Crippen molar-refractivity contribution in [2.45, 2.75) is 36.5 Å². The Bertz CT molecular complexity index is 463. The van der Waals surface area contributed by atoms with Crippen molar-refractivity contribution in [1.82, 2.24) is 4.72 Å². The number of hydrogen-bond acceptors (Lipinski definition) is 2. The molecule has 5 heteroatoms. The van der Waals surface area contributed by atoms with E-state index in [1.54, 1.807) is 18.2 Å². The molecule has 90 valence electrons. The third-order valence-corrected chi connectivity index (χ3v) is 4.21. The van der Waals surface area contributed by atoms with E-state index in [1.165, 1.54) is 0 Å². The second-order valence-corrected chi connectivity index (χ2v) is 6.88. The van der Waals surface area contributed by atoms with Crippen molar-refractivity contribution < 1.29 is 8.42 Å². The van der Waals surface area contributed by atoms with Gasteiger partial charge in [0.1, 0.15) is 0 Å². The van der Waals surface area contributed by atoms with Crippen LogP contribution in [0.5, 0.6) is 0 Å². The van der Waals surface area contributed by atoms with Crippen molar-refractivity contribution in [2.75, 3.05) is 0 Å². The first kappa shape index (κ1) is 13.7. The van der Waals surface area contributed by atoms with Gasteiger partial charge in [-0.25, -0.2) is 13.1 Å². The van der Waals surface area contributed by atoms with Crippen LogP contribution >= 0.6 is 15.9 Å². The van der Waals surface area contributed by atoms with Crippen molar-refractivity contribution in [3.8, 4) is 0 Å². The van der Waals surface area contributed by atoms with Gasteiger partial charge in [0.25, 0.3) is 0 Å². The maximum atomic E-state index is 12.0. The molecule has 0 saturated carbocycles. The van der Waals surface area contributed by atoms with E-state index in [9.17, 15) is 8.42 Å². The molecule has 0 amide bonds. The van der Waals surface area contributed by atoms with Gasteiger partial charge in [-0.3, -0.25) is 0 Å². The summed E-state index contributed by atoms with van der Waals surface area (Å²) >= 11 is 3.30. The van der Waals surface area contributed by atoms with Crippen LogP contribution in [0.15, 0.2) is 29.2 Å². The average molecular weight is 306 g/mol. The number of nitrogens with one attached hydrogen (secondary N) is 1. The monoisotopic (exact) mass is 305 g/mol. The maximum Gasteiger partial charge on any atom is 0.241 e. The van der Waals surface area contributed by atoms with Crippen LogP contribution in [0, 0.1) is 0 Å². The quantitative estimate of drug-likeness (QED) is 0.873. The predicted molar refractivity (Wildman–Crippen MR) is 69.1 cm³/mol. The first-order valence-electron chi connectivity index (χ1n) is 4.93. The fourth-order valence-electron chi connectivity index (χ4n) is 1.26. The number of alkyl halides is 1. The molecule has 0 aromatic heterocycles. The lowest BCUT2D eigenvalue weighted by Crippen LogP contribution is -2.40. The van der Waals surface area contributed by atoms with Crippen LogP contribution in [0.2, 0.25) is 0 Å². The predicted octanol–water partition coefficient (Wildman–Crippen LogP) is 2.66. The Morgan fingerprint density at radius 1 is 1.31 bits per heavy atom. The summed E-state index contributed by atoms with van der Waals surface area (Å²) in [6, 6.07) is 6.89. The Morgan fingerprint density at radius 3 is 2.44 bits per heavy atom. The first-order chi connectivity index (χ1) is 7.24. The highest BCUT2D eigenvalue weighted by Gasteiger charge is 2.21. The molecule has 0 aliphatic heterocycles. The number of sulfonamides is 1. The van der Waals surface area contributed by atoms with Gasteiger partial charge in [-0.05, 0) is 38.5 Å². The van der Waals surface area contributed by atoms with Gasteiger partial charge in [0, 0.05) is 10.9 Å². The largest absolute Gasteiger partial charge is 0.241 e. The SMILES string of the molecule is CC(C)(C)NS(=O)(=O)c1cccc(CBr)c1. The zero-order valence-corrected chi connectivity index (χ0v) is 12.0. The summed E-state index contributed by atoms with van der Waals surface area (Å²) in [5.41, 5.74) is 0.472. The van der Waals surface area contributed by atoms with E-state index >= 15 is 0 Å². The van der Waals surface area contributed by atoms with Gasteiger partial charge in [0.05, 0.1) is 4.90 Å². The number of benzene rings is 1. The standard InChI is InChI=1S/C11H16BrNO2S/c1-11(2,3)13-16(14,15)10-6-4-5-9(7-10)8-12/h4-7,13H,8H2,1-3H3. The number of halogens is 1. The normalized spacial score (nSPS) is 12.8.